The van der Waals surface area contributed by atoms with E-state index in [0.29, 0.717) is 39.8 Å². The zero-order valence-corrected chi connectivity index (χ0v) is 21.0. The van der Waals surface area contributed by atoms with Gasteiger partial charge in [-0.3, -0.25) is 4.90 Å². The number of morpholine rings is 1. The van der Waals surface area contributed by atoms with Gasteiger partial charge in [0.2, 0.25) is 0 Å². The third-order valence-corrected chi connectivity index (χ3v) is 5.71. The standard InChI is InChI=1S/C24H28ClFN4O3.ClH/c1-15-12-30(13-16(2)33-15)7-4-8-32-23-11-21-18(10-22(23)31-3)24(28-14-27-21)29-20-6-5-17(25)9-19(20)26;/h5-6,9-11,14-16H,4,7-8,12-13H2,1-3H3,(H,27,28,29);1H. The lowest BCUT2D eigenvalue weighted by molar-refractivity contribution is -0.0686. The van der Waals surface area contributed by atoms with Crippen LogP contribution in [0.3, 0.4) is 0 Å². The minimum absolute atomic E-state index is 0. The van der Waals surface area contributed by atoms with Crippen LogP contribution in [0.2, 0.25) is 5.02 Å². The second-order valence-electron chi connectivity index (χ2n) is 8.21. The second-order valence-corrected chi connectivity index (χ2v) is 8.65. The van der Waals surface area contributed by atoms with Gasteiger partial charge in [0.25, 0.3) is 0 Å². The Kier molecular flexibility index (Phi) is 9.13. The number of nitrogens with zero attached hydrogens (tertiary/aromatic N) is 3. The Morgan fingerprint density at radius 3 is 2.62 bits per heavy atom. The number of halogens is 3. The van der Waals surface area contributed by atoms with Crippen molar-refractivity contribution in [2.24, 2.45) is 0 Å². The van der Waals surface area contributed by atoms with Crippen LogP contribution < -0.4 is 14.8 Å². The Morgan fingerprint density at radius 1 is 1.15 bits per heavy atom. The summed E-state index contributed by atoms with van der Waals surface area (Å²) in [6, 6.07) is 8.04. The summed E-state index contributed by atoms with van der Waals surface area (Å²) in [5.41, 5.74) is 0.930. The van der Waals surface area contributed by atoms with Crippen LogP contribution in [0.25, 0.3) is 10.9 Å². The molecule has 4 rings (SSSR count). The molecule has 0 radical (unpaired) electrons. The number of fused-ring (bicyclic) bond motifs is 1. The quantitative estimate of drug-likeness (QED) is 0.402. The monoisotopic (exact) mass is 510 g/mol. The number of aromatic nitrogens is 2. The highest BCUT2D eigenvalue weighted by atomic mass is 35.5. The fourth-order valence-electron chi connectivity index (χ4n) is 4.09. The first-order valence-corrected chi connectivity index (χ1v) is 11.4. The summed E-state index contributed by atoms with van der Waals surface area (Å²) >= 11 is 5.85. The highest BCUT2D eigenvalue weighted by Gasteiger charge is 2.21. The fourth-order valence-corrected chi connectivity index (χ4v) is 4.25. The number of ether oxygens (including phenoxy) is 3. The van der Waals surface area contributed by atoms with Crippen LogP contribution in [0, 0.1) is 5.82 Å². The Labute approximate surface area is 210 Å². The van der Waals surface area contributed by atoms with Gasteiger partial charge in [0.05, 0.1) is 37.1 Å². The van der Waals surface area contributed by atoms with Gasteiger partial charge in [-0.15, -0.1) is 12.4 Å². The lowest BCUT2D eigenvalue weighted by Crippen LogP contribution is -2.45. The van der Waals surface area contributed by atoms with E-state index in [9.17, 15) is 4.39 Å². The fraction of sp³-hybridized carbons (Fsp3) is 0.417. The number of methoxy groups -OCH3 is 1. The van der Waals surface area contributed by atoms with E-state index in [2.05, 4.69) is 34.0 Å². The lowest BCUT2D eigenvalue weighted by Gasteiger charge is -2.35. The number of rotatable bonds is 8. The van der Waals surface area contributed by atoms with E-state index < -0.39 is 5.82 Å². The molecule has 2 heterocycles. The van der Waals surface area contributed by atoms with Gasteiger partial charge >= 0.3 is 0 Å². The molecule has 1 aliphatic heterocycles. The van der Waals surface area contributed by atoms with Gasteiger partial charge in [0.15, 0.2) is 11.5 Å². The van der Waals surface area contributed by atoms with E-state index in [4.69, 9.17) is 25.8 Å². The van der Waals surface area contributed by atoms with Crippen molar-refractivity contribution in [2.45, 2.75) is 32.5 Å². The van der Waals surface area contributed by atoms with Crippen LogP contribution in [-0.4, -0.2) is 60.4 Å². The first-order chi connectivity index (χ1) is 15.9. The van der Waals surface area contributed by atoms with Crippen molar-refractivity contribution >= 4 is 46.4 Å². The molecule has 2 unspecified atom stereocenters. The van der Waals surface area contributed by atoms with Crippen molar-refractivity contribution in [3.05, 3.63) is 47.5 Å². The highest BCUT2D eigenvalue weighted by molar-refractivity contribution is 6.30. The largest absolute Gasteiger partial charge is 0.493 e. The number of anilines is 2. The Bertz CT molecular complexity index is 1110. The summed E-state index contributed by atoms with van der Waals surface area (Å²) in [7, 11) is 1.58. The second kappa shape index (κ2) is 11.8. The molecule has 1 fully saturated rings. The van der Waals surface area contributed by atoms with Gasteiger partial charge in [-0.25, -0.2) is 14.4 Å². The molecule has 0 aliphatic carbocycles. The van der Waals surface area contributed by atoms with Gasteiger partial charge in [0.1, 0.15) is 18.0 Å². The van der Waals surface area contributed by atoms with E-state index in [1.807, 2.05) is 6.07 Å². The van der Waals surface area contributed by atoms with E-state index in [-0.39, 0.29) is 30.3 Å². The summed E-state index contributed by atoms with van der Waals surface area (Å²) in [6.45, 7) is 7.57. The molecule has 2 atom stereocenters. The smallest absolute Gasteiger partial charge is 0.163 e. The summed E-state index contributed by atoms with van der Waals surface area (Å²) in [5.74, 6) is 1.16. The predicted octanol–water partition coefficient (Wildman–Crippen LogP) is 5.47. The molecular formula is C24H29Cl2FN4O3. The maximum atomic E-state index is 14.3. The van der Waals surface area contributed by atoms with Crippen molar-refractivity contribution in [1.29, 1.82) is 0 Å². The summed E-state index contributed by atoms with van der Waals surface area (Å²) in [6.07, 6.45) is 2.81. The molecule has 3 aromatic rings. The first-order valence-electron chi connectivity index (χ1n) is 11.0. The highest BCUT2D eigenvalue weighted by Crippen LogP contribution is 2.35. The molecule has 184 valence electrons. The molecule has 2 aromatic carbocycles. The molecule has 7 nitrogen and oxygen atoms in total. The maximum Gasteiger partial charge on any atom is 0.163 e. The molecule has 0 amide bonds. The van der Waals surface area contributed by atoms with Crippen LogP contribution in [0.1, 0.15) is 20.3 Å². The van der Waals surface area contributed by atoms with Gasteiger partial charge < -0.3 is 19.5 Å². The van der Waals surface area contributed by atoms with E-state index in [1.165, 1.54) is 12.4 Å². The van der Waals surface area contributed by atoms with Crippen molar-refractivity contribution < 1.29 is 18.6 Å². The van der Waals surface area contributed by atoms with Crippen molar-refractivity contribution in [2.75, 3.05) is 38.7 Å². The Hall–Kier alpha value is -2.39. The van der Waals surface area contributed by atoms with Crippen molar-refractivity contribution in [3.8, 4) is 11.5 Å². The zero-order valence-electron chi connectivity index (χ0n) is 19.4. The Morgan fingerprint density at radius 2 is 1.91 bits per heavy atom. The van der Waals surface area contributed by atoms with Gasteiger partial charge in [-0.2, -0.15) is 0 Å². The molecule has 10 heteroatoms. The number of benzene rings is 2. The maximum absolute atomic E-state index is 14.3. The van der Waals surface area contributed by atoms with Crippen molar-refractivity contribution in [1.82, 2.24) is 14.9 Å². The molecule has 1 aliphatic rings. The molecule has 1 saturated heterocycles. The number of hydrogen-bond donors (Lipinski definition) is 1. The van der Waals surface area contributed by atoms with E-state index in [1.54, 1.807) is 25.3 Å². The van der Waals surface area contributed by atoms with Gasteiger partial charge in [-0.05, 0) is 44.5 Å². The van der Waals surface area contributed by atoms with Crippen LogP contribution in [0.5, 0.6) is 11.5 Å². The van der Waals surface area contributed by atoms with E-state index >= 15 is 0 Å². The SMILES string of the molecule is COc1cc2c(Nc3ccc(Cl)cc3F)ncnc2cc1OCCCN1CC(C)OC(C)C1.Cl. The van der Waals surface area contributed by atoms with Crippen LogP contribution in [0.4, 0.5) is 15.9 Å². The average molecular weight is 511 g/mol. The molecule has 0 saturated carbocycles. The lowest BCUT2D eigenvalue weighted by atomic mass is 10.2. The van der Waals surface area contributed by atoms with E-state index in [0.717, 1.165) is 26.1 Å². The Balaban J connectivity index is 0.00000324. The normalized spacial score (nSPS) is 18.4. The van der Waals surface area contributed by atoms with Crippen LogP contribution in [-0.2, 0) is 4.74 Å². The predicted molar refractivity (Wildman–Crippen MR) is 135 cm³/mol. The minimum Gasteiger partial charge on any atom is -0.493 e. The average Bonchev–Trinajstić information content (AvgIpc) is 2.77. The summed E-state index contributed by atoms with van der Waals surface area (Å²) < 4.78 is 31.6. The molecule has 0 bridgehead atoms. The van der Waals surface area contributed by atoms with Gasteiger partial charge in [-0.1, -0.05) is 11.6 Å². The number of nitrogens with one attached hydrogen (secondary N) is 1. The molecule has 1 N–H and O–H groups in total. The summed E-state index contributed by atoms with van der Waals surface area (Å²) in [4.78, 5) is 11.0. The number of hydrogen-bond acceptors (Lipinski definition) is 7. The summed E-state index contributed by atoms with van der Waals surface area (Å²) in [5, 5.41) is 4.03. The first kappa shape index (κ1) is 26.2. The van der Waals surface area contributed by atoms with Crippen molar-refractivity contribution in [3.63, 3.8) is 0 Å². The zero-order chi connectivity index (χ0) is 23.4. The van der Waals surface area contributed by atoms with Crippen LogP contribution in [0.15, 0.2) is 36.7 Å². The third kappa shape index (κ3) is 6.39. The van der Waals surface area contributed by atoms with Crippen LogP contribution >= 0.6 is 24.0 Å². The topological polar surface area (TPSA) is 68.7 Å². The molecule has 1 aromatic heterocycles. The third-order valence-electron chi connectivity index (χ3n) is 5.48. The molecular weight excluding hydrogens is 482 g/mol. The minimum atomic E-state index is -0.467. The molecule has 34 heavy (non-hydrogen) atoms. The van der Waals surface area contributed by atoms with Gasteiger partial charge in [0, 0.05) is 36.1 Å². The molecule has 0 spiro atoms.